The number of anilines is 1. The molecule has 0 aliphatic carbocycles. The second-order valence-electron chi connectivity index (χ2n) is 3.80. The van der Waals surface area contributed by atoms with Gasteiger partial charge in [-0.15, -0.1) is 0 Å². The molecule has 5 nitrogen and oxygen atoms in total. The molecule has 1 atom stereocenters. The monoisotopic (exact) mass is 233 g/mol. The van der Waals surface area contributed by atoms with Crippen LogP contribution in [-0.2, 0) is 9.53 Å². The van der Waals surface area contributed by atoms with Gasteiger partial charge < -0.3 is 20.8 Å². The zero-order valence-electron chi connectivity index (χ0n) is 9.57. The molecule has 0 radical (unpaired) electrons. The van der Waals surface area contributed by atoms with Crippen molar-refractivity contribution in [1.82, 2.24) is 4.98 Å². The van der Waals surface area contributed by atoms with E-state index < -0.39 is 6.04 Å². The number of carbonyl (C=O) groups is 1. The Morgan fingerprint density at radius 3 is 3.12 bits per heavy atom. The number of methoxy groups -OCH3 is 1. The normalized spacial score (nSPS) is 12.6. The molecule has 4 N–H and O–H groups in total. The Morgan fingerprint density at radius 1 is 1.53 bits per heavy atom. The number of H-pyrrole nitrogens is 1. The lowest BCUT2D eigenvalue weighted by Crippen LogP contribution is -2.39. The maximum Gasteiger partial charge on any atom is 0.243 e. The molecular weight excluding hydrogens is 218 g/mol. The van der Waals surface area contributed by atoms with E-state index in [0.717, 1.165) is 16.6 Å². The minimum absolute atomic E-state index is 0.203. The Hall–Kier alpha value is -1.85. The van der Waals surface area contributed by atoms with Crippen molar-refractivity contribution < 1.29 is 9.53 Å². The summed E-state index contributed by atoms with van der Waals surface area (Å²) in [5.41, 5.74) is 7.38. The minimum Gasteiger partial charge on any atom is -0.383 e. The summed E-state index contributed by atoms with van der Waals surface area (Å²) < 4.78 is 4.84. The van der Waals surface area contributed by atoms with Crippen LogP contribution in [0.15, 0.2) is 30.5 Å². The van der Waals surface area contributed by atoms with E-state index in [-0.39, 0.29) is 12.5 Å². The highest BCUT2D eigenvalue weighted by Crippen LogP contribution is 2.22. The third-order valence-corrected chi connectivity index (χ3v) is 2.54. The third kappa shape index (κ3) is 2.46. The number of nitrogens with one attached hydrogen (secondary N) is 2. The fourth-order valence-electron chi connectivity index (χ4n) is 1.68. The maximum atomic E-state index is 11.7. The van der Waals surface area contributed by atoms with Crippen LogP contribution in [0.5, 0.6) is 0 Å². The van der Waals surface area contributed by atoms with Gasteiger partial charge in [0.15, 0.2) is 0 Å². The molecule has 2 rings (SSSR count). The number of benzene rings is 1. The zero-order valence-corrected chi connectivity index (χ0v) is 9.57. The first-order chi connectivity index (χ1) is 8.22. The minimum atomic E-state index is -0.658. The SMILES string of the molecule is COCC(N)C(=O)Nc1cccc2[nH]ccc12. The van der Waals surface area contributed by atoms with E-state index in [9.17, 15) is 4.79 Å². The lowest BCUT2D eigenvalue weighted by molar-refractivity contribution is -0.118. The molecule has 0 aliphatic heterocycles. The lowest BCUT2D eigenvalue weighted by atomic mass is 10.2. The van der Waals surface area contributed by atoms with Gasteiger partial charge in [-0.1, -0.05) is 6.07 Å². The van der Waals surface area contributed by atoms with E-state index in [1.165, 1.54) is 7.11 Å². The van der Waals surface area contributed by atoms with Crippen molar-refractivity contribution in [1.29, 1.82) is 0 Å². The van der Waals surface area contributed by atoms with Crippen molar-refractivity contribution in [3.8, 4) is 0 Å². The quantitative estimate of drug-likeness (QED) is 0.739. The Balaban J connectivity index is 2.18. The standard InChI is InChI=1S/C12H15N3O2/c1-17-7-9(13)12(16)15-11-4-2-3-10-8(11)5-6-14-10/h2-6,9,14H,7,13H2,1H3,(H,15,16). The lowest BCUT2D eigenvalue weighted by Gasteiger charge is -2.11. The molecule has 1 amide bonds. The number of fused-ring (bicyclic) bond motifs is 1. The Kier molecular flexibility index (Phi) is 3.41. The summed E-state index contributed by atoms with van der Waals surface area (Å²) in [4.78, 5) is 14.8. The highest BCUT2D eigenvalue weighted by Gasteiger charge is 2.14. The summed E-state index contributed by atoms with van der Waals surface area (Å²) in [5, 5.41) is 3.76. The smallest absolute Gasteiger partial charge is 0.243 e. The number of hydrogen-bond acceptors (Lipinski definition) is 3. The number of amides is 1. The second-order valence-corrected chi connectivity index (χ2v) is 3.80. The largest absolute Gasteiger partial charge is 0.383 e. The third-order valence-electron chi connectivity index (χ3n) is 2.54. The van der Waals surface area contributed by atoms with Crippen molar-refractivity contribution in [2.24, 2.45) is 5.73 Å². The summed E-state index contributed by atoms with van der Waals surface area (Å²) in [6.07, 6.45) is 1.83. The molecule has 0 saturated heterocycles. The average molecular weight is 233 g/mol. The van der Waals surface area contributed by atoms with Gasteiger partial charge in [-0.05, 0) is 18.2 Å². The van der Waals surface area contributed by atoms with E-state index in [4.69, 9.17) is 10.5 Å². The molecule has 2 aromatic rings. The van der Waals surface area contributed by atoms with Gasteiger partial charge in [0.2, 0.25) is 5.91 Å². The van der Waals surface area contributed by atoms with Gasteiger partial charge in [-0.3, -0.25) is 4.79 Å². The van der Waals surface area contributed by atoms with Crippen LogP contribution < -0.4 is 11.1 Å². The maximum absolute atomic E-state index is 11.7. The summed E-state index contributed by atoms with van der Waals surface area (Å²) in [6, 6.07) is 6.91. The van der Waals surface area contributed by atoms with Crippen molar-refractivity contribution >= 4 is 22.5 Å². The molecule has 1 aromatic heterocycles. The van der Waals surface area contributed by atoms with Crippen molar-refractivity contribution in [3.63, 3.8) is 0 Å². The fraction of sp³-hybridized carbons (Fsp3) is 0.250. The van der Waals surface area contributed by atoms with Crippen LogP contribution in [-0.4, -0.2) is 30.6 Å². The van der Waals surface area contributed by atoms with Gasteiger partial charge in [0.25, 0.3) is 0 Å². The predicted molar refractivity (Wildman–Crippen MR) is 66.8 cm³/mol. The molecule has 1 heterocycles. The summed E-state index contributed by atoms with van der Waals surface area (Å²) in [6.45, 7) is 0.203. The van der Waals surface area contributed by atoms with Gasteiger partial charge in [0.1, 0.15) is 6.04 Å². The first kappa shape index (κ1) is 11.6. The van der Waals surface area contributed by atoms with Crippen LogP contribution in [0.25, 0.3) is 10.9 Å². The van der Waals surface area contributed by atoms with E-state index >= 15 is 0 Å². The van der Waals surface area contributed by atoms with E-state index in [1.807, 2.05) is 30.5 Å². The molecule has 17 heavy (non-hydrogen) atoms. The van der Waals surface area contributed by atoms with Gasteiger partial charge in [0, 0.05) is 24.2 Å². The van der Waals surface area contributed by atoms with Gasteiger partial charge in [0.05, 0.1) is 12.3 Å². The molecule has 0 spiro atoms. The van der Waals surface area contributed by atoms with Crippen LogP contribution in [0, 0.1) is 0 Å². The molecule has 1 unspecified atom stereocenters. The van der Waals surface area contributed by atoms with Gasteiger partial charge in [-0.2, -0.15) is 0 Å². The summed E-state index contributed by atoms with van der Waals surface area (Å²) in [7, 11) is 1.51. The Labute approximate surface area is 98.9 Å². The first-order valence-electron chi connectivity index (χ1n) is 5.34. The van der Waals surface area contributed by atoms with Gasteiger partial charge >= 0.3 is 0 Å². The summed E-state index contributed by atoms with van der Waals surface area (Å²) in [5.74, 6) is -0.249. The molecule has 90 valence electrons. The molecule has 0 fully saturated rings. The van der Waals surface area contributed by atoms with E-state index in [1.54, 1.807) is 0 Å². The van der Waals surface area contributed by atoms with Crippen molar-refractivity contribution in [2.45, 2.75) is 6.04 Å². The second kappa shape index (κ2) is 4.99. The average Bonchev–Trinajstić information content (AvgIpc) is 2.78. The molecular formula is C12H15N3O2. The molecule has 0 saturated carbocycles. The van der Waals surface area contributed by atoms with Crippen LogP contribution in [0.1, 0.15) is 0 Å². The number of ether oxygens (including phenoxy) is 1. The first-order valence-corrected chi connectivity index (χ1v) is 5.34. The van der Waals surface area contributed by atoms with Gasteiger partial charge in [-0.25, -0.2) is 0 Å². The van der Waals surface area contributed by atoms with Crippen LogP contribution in [0.4, 0.5) is 5.69 Å². The Morgan fingerprint density at radius 2 is 2.35 bits per heavy atom. The number of aromatic nitrogens is 1. The van der Waals surface area contributed by atoms with Crippen molar-refractivity contribution in [3.05, 3.63) is 30.5 Å². The highest BCUT2D eigenvalue weighted by molar-refractivity contribution is 6.03. The Bertz CT molecular complexity index is 521. The molecule has 1 aromatic carbocycles. The van der Waals surface area contributed by atoms with Crippen molar-refractivity contribution in [2.75, 3.05) is 19.0 Å². The van der Waals surface area contributed by atoms with Crippen LogP contribution in [0.3, 0.4) is 0 Å². The van der Waals surface area contributed by atoms with Crippen LogP contribution >= 0.6 is 0 Å². The highest BCUT2D eigenvalue weighted by atomic mass is 16.5. The molecule has 5 heteroatoms. The zero-order chi connectivity index (χ0) is 12.3. The number of nitrogens with two attached hydrogens (primary N) is 1. The number of aromatic amines is 1. The number of hydrogen-bond donors (Lipinski definition) is 3. The molecule has 0 aliphatic rings. The number of rotatable bonds is 4. The topological polar surface area (TPSA) is 80.1 Å². The van der Waals surface area contributed by atoms with E-state index in [2.05, 4.69) is 10.3 Å². The number of carbonyl (C=O) groups excluding carboxylic acids is 1. The summed E-state index contributed by atoms with van der Waals surface area (Å²) >= 11 is 0. The van der Waals surface area contributed by atoms with Crippen LogP contribution in [0.2, 0.25) is 0 Å². The predicted octanol–water partition coefficient (Wildman–Crippen LogP) is 1.08. The van der Waals surface area contributed by atoms with E-state index in [0.29, 0.717) is 0 Å². The fourth-order valence-corrected chi connectivity index (χ4v) is 1.68. The molecule has 0 bridgehead atoms.